The van der Waals surface area contributed by atoms with Gasteiger partial charge in [0, 0.05) is 68.1 Å². The fourth-order valence-corrected chi connectivity index (χ4v) is 7.70. The minimum atomic E-state index is -1.35. The summed E-state index contributed by atoms with van der Waals surface area (Å²) in [6, 6.07) is 8.51. The number of aromatic amines is 2. The van der Waals surface area contributed by atoms with Gasteiger partial charge in [-0.1, -0.05) is 48.5 Å². The van der Waals surface area contributed by atoms with Crippen molar-refractivity contribution in [1.29, 1.82) is 0 Å². The van der Waals surface area contributed by atoms with Gasteiger partial charge in [0.1, 0.15) is 36.3 Å². The molecule has 3 heterocycles. The van der Waals surface area contributed by atoms with Crippen molar-refractivity contribution in [1.82, 2.24) is 57.5 Å². The molecule has 0 spiro atoms. The molecule has 5 rings (SSSR count). The monoisotopic (exact) mass is 939 g/mol. The normalized spacial score (nSPS) is 21.2. The maximum atomic E-state index is 14.3. The molecule has 1 saturated heterocycles. The number of fused-ring (bicyclic) bond motifs is 1. The van der Waals surface area contributed by atoms with Crippen LogP contribution in [0.5, 0.6) is 0 Å². The highest BCUT2D eigenvalue weighted by Gasteiger charge is 2.33. The molecule has 4 aromatic rings. The van der Waals surface area contributed by atoms with Gasteiger partial charge in [0.25, 0.3) is 0 Å². The molecule has 14 N–H and O–H groups in total. The summed E-state index contributed by atoms with van der Waals surface area (Å²) in [5, 5.41) is 22.0. The van der Waals surface area contributed by atoms with Gasteiger partial charge in [0.2, 0.25) is 53.2 Å². The molecule has 364 valence electrons. The molecular formula is C46H61N13O9. The Balaban J connectivity index is 1.46. The van der Waals surface area contributed by atoms with Crippen LogP contribution in [-0.2, 0) is 62.4 Å². The van der Waals surface area contributed by atoms with E-state index in [1.54, 1.807) is 36.5 Å². The van der Waals surface area contributed by atoms with Gasteiger partial charge in [0.05, 0.1) is 12.9 Å². The van der Waals surface area contributed by atoms with Gasteiger partial charge < -0.3 is 64.0 Å². The van der Waals surface area contributed by atoms with Crippen molar-refractivity contribution in [2.45, 2.75) is 107 Å². The summed E-state index contributed by atoms with van der Waals surface area (Å²) in [6.45, 7) is 0.980. The molecule has 22 nitrogen and oxygen atoms in total. The number of nitrogens with zero attached hydrogens (tertiary/aromatic N) is 1. The number of benzene rings is 2. The molecule has 0 bridgehead atoms. The van der Waals surface area contributed by atoms with Gasteiger partial charge in [0.15, 0.2) is 0 Å². The van der Waals surface area contributed by atoms with Crippen LogP contribution < -0.4 is 54.0 Å². The van der Waals surface area contributed by atoms with E-state index in [4.69, 9.17) is 11.5 Å². The number of unbranched alkanes of at least 4 members (excludes halogenated alkanes) is 1. The fraction of sp³-hybridized carbons (Fsp3) is 0.435. The van der Waals surface area contributed by atoms with Crippen LogP contribution in [-0.4, -0.2) is 124 Å². The van der Waals surface area contributed by atoms with Crippen LogP contribution in [0.4, 0.5) is 0 Å². The van der Waals surface area contributed by atoms with E-state index in [2.05, 4.69) is 57.5 Å². The zero-order chi connectivity index (χ0) is 49.0. The molecule has 4 unspecified atom stereocenters. The lowest BCUT2D eigenvalue weighted by molar-refractivity contribution is -0.135. The summed E-state index contributed by atoms with van der Waals surface area (Å²) < 4.78 is 0. The van der Waals surface area contributed by atoms with Crippen LogP contribution in [0, 0.1) is 0 Å². The van der Waals surface area contributed by atoms with Crippen molar-refractivity contribution in [3.8, 4) is 0 Å². The van der Waals surface area contributed by atoms with Gasteiger partial charge in [-0.3, -0.25) is 43.2 Å². The predicted molar refractivity (Wildman–Crippen MR) is 248 cm³/mol. The summed E-state index contributed by atoms with van der Waals surface area (Å²) in [5.74, 6) is -6.48. The number of nitrogens with one attached hydrogen (secondary N) is 10. The van der Waals surface area contributed by atoms with E-state index in [1.165, 1.54) is 19.4 Å². The SMILES string of the molecule is CC(=O)NC(CCCCN)C(=O)NC1CCCNC(=O)CCC(C(N)=O)NC(=O)[C@H](Cc2c[nH]c3ccccc23)NC(=O)CNC(=O)C(Cc2ccccc2)NC(=O)[C@H](Cc2cnc[nH]2)NC1=O. The lowest BCUT2D eigenvalue weighted by atomic mass is 10.0. The van der Waals surface area contributed by atoms with Crippen molar-refractivity contribution >= 4 is 64.1 Å². The van der Waals surface area contributed by atoms with Gasteiger partial charge in [-0.25, -0.2) is 4.98 Å². The van der Waals surface area contributed by atoms with Crippen LogP contribution in [0.1, 0.15) is 68.7 Å². The number of hydrogen-bond acceptors (Lipinski definition) is 11. The first kappa shape index (κ1) is 51.4. The van der Waals surface area contributed by atoms with E-state index >= 15 is 0 Å². The smallest absolute Gasteiger partial charge is 0.243 e. The van der Waals surface area contributed by atoms with Crippen molar-refractivity contribution < 1.29 is 43.2 Å². The maximum Gasteiger partial charge on any atom is 0.243 e. The Bertz CT molecular complexity index is 2370. The Labute approximate surface area is 392 Å². The molecule has 0 saturated carbocycles. The highest BCUT2D eigenvalue weighted by Crippen LogP contribution is 2.19. The third-order valence-corrected chi connectivity index (χ3v) is 11.3. The fourth-order valence-electron chi connectivity index (χ4n) is 7.70. The first-order valence-corrected chi connectivity index (χ1v) is 22.6. The topological polar surface area (TPSA) is 346 Å². The predicted octanol–water partition coefficient (Wildman–Crippen LogP) is -1.73. The number of aromatic nitrogens is 3. The quantitative estimate of drug-likeness (QED) is 0.0631. The number of imidazole rings is 1. The third kappa shape index (κ3) is 16.1. The Morgan fingerprint density at radius 3 is 2.19 bits per heavy atom. The van der Waals surface area contributed by atoms with E-state index in [-0.39, 0.29) is 57.9 Å². The molecule has 0 radical (unpaired) electrons. The van der Waals surface area contributed by atoms with Gasteiger partial charge in [-0.2, -0.15) is 0 Å². The average Bonchev–Trinajstić information content (AvgIpc) is 3.99. The van der Waals surface area contributed by atoms with E-state index < -0.39 is 96.0 Å². The zero-order valence-electron chi connectivity index (χ0n) is 37.9. The highest BCUT2D eigenvalue weighted by molar-refractivity contribution is 5.97. The van der Waals surface area contributed by atoms with E-state index in [1.807, 2.05) is 24.3 Å². The van der Waals surface area contributed by atoms with Crippen molar-refractivity contribution in [2.24, 2.45) is 11.5 Å². The lowest BCUT2D eigenvalue weighted by Gasteiger charge is -2.26. The summed E-state index contributed by atoms with van der Waals surface area (Å²) in [5.41, 5.74) is 13.9. The Hall–Kier alpha value is -7.62. The maximum absolute atomic E-state index is 14.3. The second-order valence-electron chi connectivity index (χ2n) is 16.6. The molecule has 2 aromatic heterocycles. The number of H-pyrrole nitrogens is 2. The summed E-state index contributed by atoms with van der Waals surface area (Å²) in [6.07, 6.45) is 5.24. The van der Waals surface area contributed by atoms with Crippen LogP contribution in [0.3, 0.4) is 0 Å². The number of amides is 9. The molecule has 1 aliphatic rings. The molecule has 2 aromatic carbocycles. The number of hydrogen-bond donors (Lipinski definition) is 12. The molecule has 22 heteroatoms. The van der Waals surface area contributed by atoms with Gasteiger partial charge in [-0.05, 0) is 62.3 Å². The standard InChI is InChI=1S/C46H61N13O9/c1-27(60)54-34(14-7-8-18-47)43(65)57-35-15-9-19-50-39(61)17-16-33(41(48)63)56-45(67)37(21-29-23-51-32-13-6-5-12-31(29)32)55-40(62)25-52-42(64)36(20-28-10-3-2-4-11-28)58-46(68)38(59-44(35)66)22-30-24-49-26-53-30/h2-6,10-13,23-24,26,33-38,51H,7-9,14-22,25,47H2,1H3,(H2,48,63)(H,49,53)(H,50,61)(H,52,64)(H,54,60)(H,55,62)(H,56,67)(H,57,65)(H,58,68)(H,59,66)/t33?,34?,35?,36?,37-,38-/m0/s1. The average molecular weight is 940 g/mol. The van der Waals surface area contributed by atoms with Crippen molar-refractivity contribution in [3.05, 3.63) is 90.1 Å². The zero-order valence-corrected chi connectivity index (χ0v) is 37.9. The number of nitrogens with two attached hydrogens (primary N) is 2. The first-order chi connectivity index (χ1) is 32.7. The minimum Gasteiger partial charge on any atom is -0.368 e. The first-order valence-electron chi connectivity index (χ1n) is 22.6. The molecule has 68 heavy (non-hydrogen) atoms. The molecule has 0 aliphatic carbocycles. The minimum absolute atomic E-state index is 0.00473. The van der Waals surface area contributed by atoms with Gasteiger partial charge >= 0.3 is 0 Å². The van der Waals surface area contributed by atoms with E-state index in [0.29, 0.717) is 36.2 Å². The second kappa shape index (κ2) is 25.9. The highest BCUT2D eigenvalue weighted by atomic mass is 16.2. The summed E-state index contributed by atoms with van der Waals surface area (Å²) in [7, 11) is 0. The Kier molecular flexibility index (Phi) is 19.6. The number of para-hydroxylation sites is 1. The van der Waals surface area contributed by atoms with Crippen LogP contribution in [0.25, 0.3) is 10.9 Å². The Morgan fingerprint density at radius 2 is 1.47 bits per heavy atom. The number of primary amides is 1. The van der Waals surface area contributed by atoms with E-state index in [0.717, 1.165) is 10.9 Å². The summed E-state index contributed by atoms with van der Waals surface area (Å²) in [4.78, 5) is 132. The summed E-state index contributed by atoms with van der Waals surface area (Å²) >= 11 is 0. The number of carbonyl (C=O) groups is 9. The van der Waals surface area contributed by atoms with Gasteiger partial charge in [-0.15, -0.1) is 0 Å². The molecular weight excluding hydrogens is 879 g/mol. The van der Waals surface area contributed by atoms with Crippen molar-refractivity contribution in [2.75, 3.05) is 19.6 Å². The Morgan fingerprint density at radius 1 is 0.765 bits per heavy atom. The van der Waals surface area contributed by atoms with Crippen molar-refractivity contribution in [3.63, 3.8) is 0 Å². The second-order valence-corrected chi connectivity index (χ2v) is 16.6. The molecule has 1 fully saturated rings. The molecule has 9 amide bonds. The van der Waals surface area contributed by atoms with Crippen LogP contribution in [0.15, 0.2) is 73.3 Å². The van der Waals surface area contributed by atoms with Crippen LogP contribution in [0.2, 0.25) is 0 Å². The molecule has 6 atom stereocenters. The largest absolute Gasteiger partial charge is 0.368 e. The van der Waals surface area contributed by atoms with Crippen LogP contribution >= 0.6 is 0 Å². The number of rotatable bonds is 14. The third-order valence-electron chi connectivity index (χ3n) is 11.3. The van der Waals surface area contributed by atoms with E-state index in [9.17, 15) is 43.2 Å². The lowest BCUT2D eigenvalue weighted by Crippen LogP contribution is -2.59. The number of carbonyl (C=O) groups excluding carboxylic acids is 9. The molecule has 1 aliphatic heterocycles.